The van der Waals surface area contributed by atoms with Crippen LogP contribution in [0.25, 0.3) is 11.3 Å². The Morgan fingerprint density at radius 2 is 1.85 bits per heavy atom. The average Bonchev–Trinajstić information content (AvgIpc) is 2.64. The predicted octanol–water partition coefficient (Wildman–Crippen LogP) is 3.60. The molecule has 0 aliphatic carbocycles. The van der Waals surface area contributed by atoms with E-state index < -0.39 is 5.97 Å². The lowest BCUT2D eigenvalue weighted by molar-refractivity contribution is -0.122. The molecule has 6 heteroatoms. The van der Waals surface area contributed by atoms with Gasteiger partial charge in [-0.05, 0) is 35.7 Å². The van der Waals surface area contributed by atoms with Gasteiger partial charge in [0.05, 0.1) is 19.9 Å². The summed E-state index contributed by atoms with van der Waals surface area (Å²) in [7, 11) is 2.91. The van der Waals surface area contributed by atoms with Gasteiger partial charge in [-0.15, -0.1) is 0 Å². The van der Waals surface area contributed by atoms with Gasteiger partial charge in [-0.25, -0.2) is 9.78 Å². The highest BCUT2D eigenvalue weighted by Gasteiger charge is 2.16. The number of rotatable bonds is 6. The van der Waals surface area contributed by atoms with Crippen molar-refractivity contribution < 1.29 is 19.1 Å². The van der Waals surface area contributed by atoms with Crippen molar-refractivity contribution in [3.63, 3.8) is 0 Å². The molecule has 0 fully saturated rings. The maximum Gasteiger partial charge on any atom is 0.356 e. The number of nitrogens with one attached hydrogen (secondary N) is 1. The summed E-state index contributed by atoms with van der Waals surface area (Å²) in [4.78, 5) is 28.2. The average molecular weight is 370 g/mol. The first kappa shape index (κ1) is 20.4. The highest BCUT2D eigenvalue weighted by Crippen LogP contribution is 2.26. The molecule has 1 aromatic heterocycles. The molecule has 0 saturated carbocycles. The van der Waals surface area contributed by atoms with Crippen molar-refractivity contribution in [3.8, 4) is 17.0 Å². The van der Waals surface area contributed by atoms with Gasteiger partial charge in [0.1, 0.15) is 11.4 Å². The van der Waals surface area contributed by atoms with Crippen molar-refractivity contribution in [2.45, 2.75) is 33.7 Å². The number of esters is 1. The lowest BCUT2D eigenvalue weighted by Crippen LogP contribution is -2.27. The van der Waals surface area contributed by atoms with Gasteiger partial charge in [0.25, 0.3) is 0 Å². The SMILES string of the molecule is COC(=O)c1cccc(-c2ccc(OC)c(CNC(=O)CC(C)(C)C)c2)n1. The molecule has 6 nitrogen and oxygen atoms in total. The van der Waals surface area contributed by atoms with Crippen LogP contribution in [0, 0.1) is 5.41 Å². The smallest absolute Gasteiger partial charge is 0.356 e. The molecule has 1 amide bonds. The Labute approximate surface area is 159 Å². The second-order valence-electron chi connectivity index (χ2n) is 7.44. The number of benzene rings is 1. The van der Waals surface area contributed by atoms with Crippen LogP contribution in [0.15, 0.2) is 36.4 Å². The van der Waals surface area contributed by atoms with Crippen molar-refractivity contribution in [3.05, 3.63) is 47.7 Å². The zero-order valence-corrected chi connectivity index (χ0v) is 16.5. The third-order valence-corrected chi connectivity index (χ3v) is 3.89. The van der Waals surface area contributed by atoms with Gasteiger partial charge >= 0.3 is 5.97 Å². The van der Waals surface area contributed by atoms with Gasteiger partial charge in [-0.3, -0.25) is 4.79 Å². The van der Waals surface area contributed by atoms with Gasteiger partial charge in [0.15, 0.2) is 0 Å². The first-order valence-corrected chi connectivity index (χ1v) is 8.73. The molecule has 0 saturated heterocycles. The third-order valence-electron chi connectivity index (χ3n) is 3.89. The van der Waals surface area contributed by atoms with E-state index in [1.54, 1.807) is 19.2 Å². The van der Waals surface area contributed by atoms with Crippen LogP contribution >= 0.6 is 0 Å². The van der Waals surface area contributed by atoms with Crippen LogP contribution in [0.2, 0.25) is 0 Å². The highest BCUT2D eigenvalue weighted by molar-refractivity contribution is 5.87. The highest BCUT2D eigenvalue weighted by atomic mass is 16.5. The van der Waals surface area contributed by atoms with Crippen LogP contribution < -0.4 is 10.1 Å². The van der Waals surface area contributed by atoms with Gasteiger partial charge in [-0.1, -0.05) is 26.8 Å². The maximum absolute atomic E-state index is 12.1. The van der Waals surface area contributed by atoms with Crippen LogP contribution in [-0.4, -0.2) is 31.1 Å². The van der Waals surface area contributed by atoms with Crippen molar-refractivity contribution in [1.82, 2.24) is 10.3 Å². The molecule has 27 heavy (non-hydrogen) atoms. The van der Waals surface area contributed by atoms with E-state index >= 15 is 0 Å². The largest absolute Gasteiger partial charge is 0.496 e. The monoisotopic (exact) mass is 370 g/mol. The number of hydrogen-bond acceptors (Lipinski definition) is 5. The molecule has 0 atom stereocenters. The molecular weight excluding hydrogens is 344 g/mol. The molecule has 1 aromatic carbocycles. The molecule has 1 heterocycles. The number of pyridine rings is 1. The predicted molar refractivity (Wildman–Crippen MR) is 103 cm³/mol. The van der Waals surface area contributed by atoms with Crippen molar-refractivity contribution in [2.24, 2.45) is 5.41 Å². The van der Waals surface area contributed by atoms with E-state index in [0.29, 0.717) is 24.4 Å². The summed E-state index contributed by atoms with van der Waals surface area (Å²) in [5, 5.41) is 2.93. The zero-order valence-electron chi connectivity index (χ0n) is 16.5. The zero-order chi connectivity index (χ0) is 20.0. The molecule has 0 radical (unpaired) electrons. The topological polar surface area (TPSA) is 77.5 Å². The van der Waals surface area contributed by atoms with Crippen molar-refractivity contribution in [1.29, 1.82) is 0 Å². The Bertz CT molecular complexity index is 825. The van der Waals surface area contributed by atoms with E-state index in [4.69, 9.17) is 9.47 Å². The number of carbonyl (C=O) groups excluding carboxylic acids is 2. The van der Waals surface area contributed by atoms with E-state index in [2.05, 4.69) is 10.3 Å². The summed E-state index contributed by atoms with van der Waals surface area (Å²) in [6.45, 7) is 6.41. The van der Waals surface area contributed by atoms with Crippen molar-refractivity contribution in [2.75, 3.05) is 14.2 Å². The Hall–Kier alpha value is -2.89. The second kappa shape index (κ2) is 8.66. The van der Waals surface area contributed by atoms with Crippen molar-refractivity contribution >= 4 is 11.9 Å². The number of aromatic nitrogens is 1. The van der Waals surface area contributed by atoms with E-state index in [9.17, 15) is 9.59 Å². The molecule has 2 aromatic rings. The summed E-state index contributed by atoms with van der Waals surface area (Å²) in [5.41, 5.74) is 2.46. The number of amides is 1. The lowest BCUT2D eigenvalue weighted by Gasteiger charge is -2.18. The van der Waals surface area contributed by atoms with Crippen LogP contribution in [-0.2, 0) is 16.1 Å². The lowest BCUT2D eigenvalue weighted by atomic mass is 9.92. The standard InChI is InChI=1S/C21H26N2O4/c1-21(2,3)12-19(24)22-13-15-11-14(9-10-18(15)26-4)16-7-6-8-17(23-16)20(25)27-5/h6-11H,12-13H2,1-5H3,(H,22,24). The normalized spacial score (nSPS) is 11.0. The maximum atomic E-state index is 12.1. The molecule has 144 valence electrons. The van der Waals surface area contributed by atoms with Gasteiger partial charge in [0, 0.05) is 24.1 Å². The Balaban J connectivity index is 2.25. The first-order chi connectivity index (χ1) is 12.7. The molecule has 1 N–H and O–H groups in total. The van der Waals surface area contributed by atoms with E-state index in [-0.39, 0.29) is 17.0 Å². The minimum atomic E-state index is -0.486. The minimum absolute atomic E-state index is 0.0132. The summed E-state index contributed by atoms with van der Waals surface area (Å²) in [6.07, 6.45) is 0.442. The molecule has 0 aliphatic rings. The Morgan fingerprint density at radius 1 is 1.11 bits per heavy atom. The summed E-state index contributed by atoms with van der Waals surface area (Å²) in [5.74, 6) is 0.180. The fourth-order valence-electron chi connectivity index (χ4n) is 2.63. The first-order valence-electron chi connectivity index (χ1n) is 8.73. The number of hydrogen-bond donors (Lipinski definition) is 1. The quantitative estimate of drug-likeness (QED) is 0.786. The van der Waals surface area contributed by atoms with Gasteiger partial charge in [-0.2, -0.15) is 0 Å². The molecule has 0 aliphatic heterocycles. The molecule has 0 unspecified atom stereocenters. The molecule has 0 bridgehead atoms. The van der Waals surface area contributed by atoms with E-state index in [0.717, 1.165) is 11.1 Å². The fraction of sp³-hybridized carbons (Fsp3) is 0.381. The summed E-state index contributed by atoms with van der Waals surface area (Å²) in [6, 6.07) is 10.8. The Kier molecular flexibility index (Phi) is 6.55. The number of carbonyl (C=O) groups is 2. The van der Waals surface area contributed by atoms with Crippen LogP contribution in [0.4, 0.5) is 0 Å². The molecule has 2 rings (SSSR count). The van der Waals surface area contributed by atoms with Crippen LogP contribution in [0.5, 0.6) is 5.75 Å². The van der Waals surface area contributed by atoms with Crippen LogP contribution in [0.1, 0.15) is 43.2 Å². The van der Waals surface area contributed by atoms with Gasteiger partial charge < -0.3 is 14.8 Å². The third kappa shape index (κ3) is 5.81. The molecule has 0 spiro atoms. The fourth-order valence-corrected chi connectivity index (χ4v) is 2.63. The number of ether oxygens (including phenoxy) is 2. The van der Waals surface area contributed by atoms with E-state index in [1.807, 2.05) is 45.0 Å². The van der Waals surface area contributed by atoms with Crippen LogP contribution in [0.3, 0.4) is 0 Å². The summed E-state index contributed by atoms with van der Waals surface area (Å²) < 4.78 is 10.1. The molecular formula is C21H26N2O4. The number of nitrogens with zero attached hydrogens (tertiary/aromatic N) is 1. The van der Waals surface area contributed by atoms with Gasteiger partial charge in [0.2, 0.25) is 5.91 Å². The summed E-state index contributed by atoms with van der Waals surface area (Å²) >= 11 is 0. The number of methoxy groups -OCH3 is 2. The second-order valence-corrected chi connectivity index (χ2v) is 7.44. The van der Waals surface area contributed by atoms with E-state index in [1.165, 1.54) is 7.11 Å². The Morgan fingerprint density at radius 3 is 2.48 bits per heavy atom. The minimum Gasteiger partial charge on any atom is -0.496 e.